The Morgan fingerprint density at radius 3 is 2.72 bits per heavy atom. The van der Waals surface area contributed by atoms with Crippen molar-refractivity contribution < 1.29 is 4.79 Å². The van der Waals surface area contributed by atoms with Crippen molar-refractivity contribution in [3.8, 4) is 0 Å². The minimum atomic E-state index is -0.0348. The molecule has 25 heavy (non-hydrogen) atoms. The molecular weight excluding hydrogens is 332 g/mol. The van der Waals surface area contributed by atoms with Gasteiger partial charge in [0.2, 0.25) is 0 Å². The molecule has 3 N–H and O–H groups in total. The fourth-order valence-electron chi connectivity index (χ4n) is 3.04. The van der Waals surface area contributed by atoms with Crippen molar-refractivity contribution in [2.75, 3.05) is 19.3 Å². The molecule has 1 aromatic carbocycles. The fourth-order valence-corrected chi connectivity index (χ4v) is 3.84. The minimum Gasteiger partial charge on any atom is -0.357 e. The fraction of sp³-hybridized carbons (Fsp3) is 0.579. The van der Waals surface area contributed by atoms with Gasteiger partial charge < -0.3 is 16.0 Å². The number of rotatable bonds is 7. The topological polar surface area (TPSA) is 65.5 Å². The van der Waals surface area contributed by atoms with Crippen LogP contribution in [0.5, 0.6) is 0 Å². The van der Waals surface area contributed by atoms with Gasteiger partial charge in [0, 0.05) is 29.9 Å². The molecule has 1 aromatic rings. The largest absolute Gasteiger partial charge is 0.357 e. The van der Waals surface area contributed by atoms with Crippen LogP contribution in [0.25, 0.3) is 0 Å². The second kappa shape index (κ2) is 10.3. The molecule has 2 atom stereocenters. The zero-order chi connectivity index (χ0) is 18.1. The van der Waals surface area contributed by atoms with Gasteiger partial charge in [0.1, 0.15) is 0 Å². The first-order valence-corrected chi connectivity index (χ1v) is 10.4. The summed E-state index contributed by atoms with van der Waals surface area (Å²) in [5, 5.41) is 10.5. The van der Waals surface area contributed by atoms with E-state index in [1.807, 2.05) is 43.0 Å². The van der Waals surface area contributed by atoms with Gasteiger partial charge in [-0.1, -0.05) is 12.1 Å². The van der Waals surface area contributed by atoms with Crippen LogP contribution < -0.4 is 16.0 Å². The highest BCUT2D eigenvalue weighted by molar-refractivity contribution is 7.99. The number of carbonyl (C=O) groups excluding carboxylic acids is 1. The van der Waals surface area contributed by atoms with Gasteiger partial charge in [0.15, 0.2) is 5.96 Å². The molecule has 0 aromatic heterocycles. The van der Waals surface area contributed by atoms with Crippen LogP contribution in [0.15, 0.2) is 29.3 Å². The highest BCUT2D eigenvalue weighted by Gasteiger charge is 2.24. The summed E-state index contributed by atoms with van der Waals surface area (Å²) in [4.78, 5) is 16.7. The van der Waals surface area contributed by atoms with Gasteiger partial charge in [0.05, 0.1) is 6.54 Å². The average molecular weight is 363 g/mol. The molecule has 138 valence electrons. The molecule has 1 fully saturated rings. The summed E-state index contributed by atoms with van der Waals surface area (Å²) in [5.41, 5.74) is 1.72. The monoisotopic (exact) mass is 362 g/mol. The molecule has 0 heterocycles. The Bertz CT molecular complexity index is 591. The van der Waals surface area contributed by atoms with Crippen molar-refractivity contribution in [3.63, 3.8) is 0 Å². The molecule has 2 unspecified atom stereocenters. The lowest BCUT2D eigenvalue weighted by atomic mass is 10.1. The molecular formula is C19H30N4OS. The van der Waals surface area contributed by atoms with E-state index in [1.54, 1.807) is 0 Å². The van der Waals surface area contributed by atoms with Crippen LogP contribution in [-0.2, 0) is 6.54 Å². The second-order valence-corrected chi connectivity index (χ2v) is 7.41. The number of amides is 1. The van der Waals surface area contributed by atoms with Crippen molar-refractivity contribution in [2.45, 2.75) is 50.9 Å². The van der Waals surface area contributed by atoms with Crippen LogP contribution in [0.2, 0.25) is 0 Å². The van der Waals surface area contributed by atoms with Crippen molar-refractivity contribution in [3.05, 3.63) is 35.4 Å². The van der Waals surface area contributed by atoms with Gasteiger partial charge in [-0.25, -0.2) is 4.99 Å². The summed E-state index contributed by atoms with van der Waals surface area (Å²) < 4.78 is 0. The Morgan fingerprint density at radius 1 is 1.24 bits per heavy atom. The summed E-state index contributed by atoms with van der Waals surface area (Å²) in [5.74, 6) is 0.824. The lowest BCUT2D eigenvalue weighted by Crippen LogP contribution is -2.42. The Morgan fingerprint density at radius 2 is 2.04 bits per heavy atom. The molecule has 0 spiro atoms. The van der Waals surface area contributed by atoms with Crippen LogP contribution in [0, 0.1) is 0 Å². The number of carbonyl (C=O) groups is 1. The summed E-state index contributed by atoms with van der Waals surface area (Å²) in [6, 6.07) is 8.17. The van der Waals surface area contributed by atoms with Crippen molar-refractivity contribution >= 4 is 23.6 Å². The van der Waals surface area contributed by atoms with Crippen LogP contribution in [0.3, 0.4) is 0 Å². The molecule has 5 nitrogen and oxygen atoms in total. The third-order valence-corrected chi connectivity index (χ3v) is 5.44. The maximum Gasteiger partial charge on any atom is 0.251 e. The first kappa shape index (κ1) is 19.6. The lowest BCUT2D eigenvalue weighted by molar-refractivity contribution is 0.0955. The quantitative estimate of drug-likeness (QED) is 0.515. The maximum absolute atomic E-state index is 12.0. The number of hydrogen-bond acceptors (Lipinski definition) is 3. The standard InChI is InChI=1S/C19H30N4OS/c1-4-20-18(24)15-8-6-7-14(11-15)13-22-19(21-5-2)23-16-9-10-17(12-16)25-3/h6-8,11,16-17H,4-5,9-10,12-13H2,1-3H3,(H,20,24)(H2,21,22,23). The summed E-state index contributed by atoms with van der Waals surface area (Å²) in [7, 11) is 0. The van der Waals surface area contributed by atoms with E-state index in [0.717, 1.165) is 23.3 Å². The number of aliphatic imine (C=N–C) groups is 1. The molecule has 0 aliphatic heterocycles. The van der Waals surface area contributed by atoms with Crippen LogP contribution >= 0.6 is 11.8 Å². The molecule has 0 saturated heterocycles. The number of nitrogens with zero attached hydrogens (tertiary/aromatic N) is 1. The van der Waals surface area contributed by atoms with Crippen LogP contribution in [0.4, 0.5) is 0 Å². The van der Waals surface area contributed by atoms with E-state index in [4.69, 9.17) is 4.99 Å². The van der Waals surface area contributed by atoms with Gasteiger partial charge in [-0.3, -0.25) is 4.79 Å². The lowest BCUT2D eigenvalue weighted by Gasteiger charge is -2.17. The van der Waals surface area contributed by atoms with E-state index in [0.29, 0.717) is 24.7 Å². The Labute approximate surface area is 155 Å². The average Bonchev–Trinajstić information content (AvgIpc) is 3.08. The smallest absolute Gasteiger partial charge is 0.251 e. The zero-order valence-electron chi connectivity index (χ0n) is 15.5. The number of nitrogens with one attached hydrogen (secondary N) is 3. The second-order valence-electron chi connectivity index (χ2n) is 6.27. The molecule has 1 aliphatic rings. The summed E-state index contributed by atoms with van der Waals surface area (Å²) >= 11 is 1.96. The first-order chi connectivity index (χ1) is 12.2. The molecule has 1 aliphatic carbocycles. The van der Waals surface area contributed by atoms with Gasteiger partial charge in [-0.2, -0.15) is 11.8 Å². The number of benzene rings is 1. The van der Waals surface area contributed by atoms with Crippen LogP contribution in [-0.4, -0.2) is 42.5 Å². The van der Waals surface area contributed by atoms with Crippen molar-refractivity contribution in [1.82, 2.24) is 16.0 Å². The normalized spacial score (nSPS) is 20.4. The van der Waals surface area contributed by atoms with Crippen molar-refractivity contribution in [2.24, 2.45) is 4.99 Å². The molecule has 1 saturated carbocycles. The predicted molar refractivity (Wildman–Crippen MR) is 107 cm³/mol. The summed E-state index contributed by atoms with van der Waals surface area (Å²) in [6.07, 6.45) is 5.85. The van der Waals surface area contributed by atoms with Crippen LogP contribution in [0.1, 0.15) is 49.0 Å². The van der Waals surface area contributed by atoms with Gasteiger partial charge in [-0.15, -0.1) is 0 Å². The molecule has 0 bridgehead atoms. The number of thioether (sulfide) groups is 1. The number of guanidine groups is 1. The SMILES string of the molecule is CCNC(=O)c1cccc(CN=C(NCC)NC2CCC(SC)C2)c1. The highest BCUT2D eigenvalue weighted by Crippen LogP contribution is 2.28. The Balaban J connectivity index is 1.98. The first-order valence-electron chi connectivity index (χ1n) is 9.11. The van der Waals surface area contributed by atoms with E-state index < -0.39 is 0 Å². The van der Waals surface area contributed by atoms with Gasteiger partial charge >= 0.3 is 0 Å². The van der Waals surface area contributed by atoms with Gasteiger partial charge in [-0.05, 0) is 57.1 Å². The summed E-state index contributed by atoms with van der Waals surface area (Å²) in [6.45, 7) is 6.02. The van der Waals surface area contributed by atoms with Crippen molar-refractivity contribution in [1.29, 1.82) is 0 Å². The van der Waals surface area contributed by atoms with E-state index >= 15 is 0 Å². The minimum absolute atomic E-state index is 0.0348. The zero-order valence-corrected chi connectivity index (χ0v) is 16.3. The molecule has 1 amide bonds. The van der Waals surface area contributed by atoms with E-state index in [9.17, 15) is 4.79 Å². The highest BCUT2D eigenvalue weighted by atomic mass is 32.2. The third-order valence-electron chi connectivity index (χ3n) is 4.35. The molecule has 2 rings (SSSR count). The van der Waals surface area contributed by atoms with E-state index in [2.05, 4.69) is 29.1 Å². The van der Waals surface area contributed by atoms with E-state index in [-0.39, 0.29) is 5.91 Å². The molecule has 6 heteroatoms. The van der Waals surface area contributed by atoms with Gasteiger partial charge in [0.25, 0.3) is 5.91 Å². The Kier molecular flexibility index (Phi) is 8.12. The third kappa shape index (κ3) is 6.27. The maximum atomic E-state index is 12.0. The van der Waals surface area contributed by atoms with E-state index in [1.165, 1.54) is 19.3 Å². The predicted octanol–water partition coefficient (Wildman–Crippen LogP) is 2.78. The number of hydrogen-bond donors (Lipinski definition) is 3. The molecule has 0 radical (unpaired) electrons. The Hall–Kier alpha value is -1.69.